The number of nitrogens with one attached hydrogen (secondary N) is 2. The number of benzene rings is 2. The van der Waals surface area contributed by atoms with Gasteiger partial charge in [-0.3, -0.25) is 4.79 Å². The SMILES string of the molecule is Cc1ccc(OC2CNC2)cc1C(=O)NC(C)c1cccc(-c2ccc(CC(C)C)o2)c1. The Morgan fingerprint density at radius 1 is 1.12 bits per heavy atom. The predicted molar refractivity (Wildman–Crippen MR) is 127 cm³/mol. The highest BCUT2D eigenvalue weighted by atomic mass is 16.5. The fraction of sp³-hybridized carbons (Fsp3) is 0.370. The molecule has 32 heavy (non-hydrogen) atoms. The van der Waals surface area contributed by atoms with Gasteiger partial charge in [0.15, 0.2) is 0 Å². The summed E-state index contributed by atoms with van der Waals surface area (Å²) < 4.78 is 12.0. The van der Waals surface area contributed by atoms with Crippen molar-refractivity contribution in [2.45, 2.75) is 46.3 Å². The van der Waals surface area contributed by atoms with Crippen LogP contribution in [0.1, 0.15) is 54.1 Å². The molecule has 2 heterocycles. The smallest absolute Gasteiger partial charge is 0.252 e. The standard InChI is InChI=1S/C27H32N2O3/c1-17(2)12-22-10-11-26(32-22)21-7-5-6-20(13-21)19(4)29-27(30)25-14-23(9-8-18(25)3)31-24-15-28-16-24/h5-11,13-14,17,19,24,28H,12,15-16H2,1-4H3,(H,29,30). The Morgan fingerprint density at radius 3 is 2.66 bits per heavy atom. The van der Waals surface area contributed by atoms with E-state index in [2.05, 4.69) is 30.5 Å². The van der Waals surface area contributed by atoms with Crippen LogP contribution in [-0.4, -0.2) is 25.1 Å². The summed E-state index contributed by atoms with van der Waals surface area (Å²) in [5, 5.41) is 6.32. The monoisotopic (exact) mass is 432 g/mol. The Kier molecular flexibility index (Phi) is 6.66. The molecule has 1 saturated heterocycles. The number of rotatable bonds is 8. The average Bonchev–Trinajstić information content (AvgIpc) is 3.19. The normalized spacial score (nSPS) is 14.8. The summed E-state index contributed by atoms with van der Waals surface area (Å²) in [6.45, 7) is 10.00. The molecule has 5 nitrogen and oxygen atoms in total. The molecular weight excluding hydrogens is 400 g/mol. The van der Waals surface area contributed by atoms with Crippen LogP contribution >= 0.6 is 0 Å². The van der Waals surface area contributed by atoms with Crippen molar-refractivity contribution < 1.29 is 13.9 Å². The van der Waals surface area contributed by atoms with E-state index in [1.807, 2.05) is 62.4 Å². The number of ether oxygens (including phenoxy) is 1. The third-order valence-corrected chi connectivity index (χ3v) is 5.79. The van der Waals surface area contributed by atoms with Crippen molar-refractivity contribution >= 4 is 5.91 Å². The lowest BCUT2D eigenvalue weighted by atomic mass is 10.0. The van der Waals surface area contributed by atoms with E-state index in [-0.39, 0.29) is 18.1 Å². The molecule has 1 unspecified atom stereocenters. The molecule has 0 spiro atoms. The molecule has 2 aromatic carbocycles. The van der Waals surface area contributed by atoms with Gasteiger partial charge in [-0.2, -0.15) is 0 Å². The number of furan rings is 1. The highest BCUT2D eigenvalue weighted by molar-refractivity contribution is 5.96. The maximum Gasteiger partial charge on any atom is 0.252 e. The van der Waals surface area contributed by atoms with Crippen molar-refractivity contribution in [3.8, 4) is 17.1 Å². The molecule has 1 atom stereocenters. The maximum absolute atomic E-state index is 13.0. The minimum Gasteiger partial charge on any atom is -0.488 e. The first kappa shape index (κ1) is 22.2. The van der Waals surface area contributed by atoms with E-state index in [4.69, 9.17) is 9.15 Å². The van der Waals surface area contributed by atoms with Crippen LogP contribution in [0.15, 0.2) is 59.0 Å². The topological polar surface area (TPSA) is 63.5 Å². The van der Waals surface area contributed by atoms with Crippen molar-refractivity contribution in [2.24, 2.45) is 5.92 Å². The summed E-state index contributed by atoms with van der Waals surface area (Å²) in [6, 6.07) is 17.8. The first-order valence-corrected chi connectivity index (χ1v) is 11.4. The fourth-order valence-electron chi connectivity index (χ4n) is 3.82. The molecule has 1 aliphatic rings. The molecule has 1 aromatic heterocycles. The van der Waals surface area contributed by atoms with Crippen LogP contribution in [0, 0.1) is 12.8 Å². The summed E-state index contributed by atoms with van der Waals surface area (Å²) in [7, 11) is 0. The molecule has 0 aliphatic carbocycles. The number of carbonyl (C=O) groups excluding carboxylic acids is 1. The van der Waals surface area contributed by atoms with Gasteiger partial charge >= 0.3 is 0 Å². The number of amides is 1. The van der Waals surface area contributed by atoms with Crippen LogP contribution in [0.5, 0.6) is 5.75 Å². The summed E-state index contributed by atoms with van der Waals surface area (Å²) >= 11 is 0. The lowest BCUT2D eigenvalue weighted by Gasteiger charge is -2.28. The van der Waals surface area contributed by atoms with Crippen molar-refractivity contribution in [1.82, 2.24) is 10.6 Å². The van der Waals surface area contributed by atoms with Crippen molar-refractivity contribution in [3.63, 3.8) is 0 Å². The first-order valence-electron chi connectivity index (χ1n) is 11.4. The number of hydrogen-bond donors (Lipinski definition) is 2. The lowest BCUT2D eigenvalue weighted by molar-refractivity contribution is 0.0937. The molecule has 0 radical (unpaired) electrons. The summed E-state index contributed by atoms with van der Waals surface area (Å²) in [4.78, 5) is 13.0. The minimum absolute atomic E-state index is 0.102. The summed E-state index contributed by atoms with van der Waals surface area (Å²) in [5.41, 5.74) is 3.61. The van der Waals surface area contributed by atoms with Gasteiger partial charge in [-0.25, -0.2) is 0 Å². The Balaban J connectivity index is 1.46. The molecule has 2 N–H and O–H groups in total. The number of aryl methyl sites for hydroxylation is 1. The van der Waals surface area contributed by atoms with Gasteiger partial charge in [-0.1, -0.05) is 38.1 Å². The van der Waals surface area contributed by atoms with E-state index in [1.54, 1.807) is 0 Å². The lowest BCUT2D eigenvalue weighted by Crippen LogP contribution is -2.50. The quantitative estimate of drug-likeness (QED) is 0.507. The first-order chi connectivity index (χ1) is 15.4. The third kappa shape index (κ3) is 5.22. The molecule has 4 rings (SSSR count). The zero-order valence-electron chi connectivity index (χ0n) is 19.3. The molecular formula is C27H32N2O3. The molecule has 0 bridgehead atoms. The molecule has 168 valence electrons. The van der Waals surface area contributed by atoms with Crippen molar-refractivity contribution in [3.05, 3.63) is 77.0 Å². The van der Waals surface area contributed by atoms with Crippen LogP contribution in [0.3, 0.4) is 0 Å². The predicted octanol–water partition coefficient (Wildman–Crippen LogP) is 5.30. The maximum atomic E-state index is 13.0. The summed E-state index contributed by atoms with van der Waals surface area (Å²) in [5.74, 6) is 3.03. The third-order valence-electron chi connectivity index (χ3n) is 5.79. The molecule has 1 amide bonds. The van der Waals surface area contributed by atoms with Gasteiger partial charge in [-0.15, -0.1) is 0 Å². The second-order valence-electron chi connectivity index (χ2n) is 9.06. The highest BCUT2D eigenvalue weighted by Crippen LogP contribution is 2.27. The molecule has 3 aromatic rings. The molecule has 1 fully saturated rings. The minimum atomic E-state index is -0.146. The Labute approximate surface area is 190 Å². The van der Waals surface area contributed by atoms with Crippen LogP contribution in [0.25, 0.3) is 11.3 Å². The van der Waals surface area contributed by atoms with Gasteiger partial charge in [0.05, 0.1) is 6.04 Å². The van der Waals surface area contributed by atoms with Gasteiger partial charge in [-0.05, 0) is 61.2 Å². The fourth-order valence-corrected chi connectivity index (χ4v) is 3.82. The number of carbonyl (C=O) groups is 1. The van der Waals surface area contributed by atoms with E-state index in [1.165, 1.54) is 0 Å². The second kappa shape index (κ2) is 9.61. The highest BCUT2D eigenvalue weighted by Gasteiger charge is 2.20. The molecule has 1 aliphatic heterocycles. The van der Waals surface area contributed by atoms with Crippen molar-refractivity contribution in [2.75, 3.05) is 13.1 Å². The van der Waals surface area contributed by atoms with Crippen LogP contribution in [0.4, 0.5) is 0 Å². The summed E-state index contributed by atoms with van der Waals surface area (Å²) in [6.07, 6.45) is 1.10. The Bertz CT molecular complexity index is 1080. The molecule has 0 saturated carbocycles. The van der Waals surface area contributed by atoms with Crippen LogP contribution < -0.4 is 15.4 Å². The zero-order chi connectivity index (χ0) is 22.7. The van der Waals surface area contributed by atoms with Crippen LogP contribution in [-0.2, 0) is 6.42 Å². The average molecular weight is 433 g/mol. The van der Waals surface area contributed by atoms with Crippen molar-refractivity contribution in [1.29, 1.82) is 0 Å². The van der Waals surface area contributed by atoms with Gasteiger partial charge in [0.1, 0.15) is 23.4 Å². The van der Waals surface area contributed by atoms with Gasteiger partial charge in [0.2, 0.25) is 0 Å². The second-order valence-corrected chi connectivity index (χ2v) is 9.06. The van der Waals surface area contributed by atoms with Gasteiger partial charge in [0.25, 0.3) is 5.91 Å². The van der Waals surface area contributed by atoms with Gasteiger partial charge < -0.3 is 19.8 Å². The van der Waals surface area contributed by atoms with E-state index in [9.17, 15) is 4.79 Å². The number of hydrogen-bond acceptors (Lipinski definition) is 4. The van der Waals surface area contributed by atoms with E-state index < -0.39 is 0 Å². The largest absolute Gasteiger partial charge is 0.488 e. The van der Waals surface area contributed by atoms with E-state index >= 15 is 0 Å². The Hall–Kier alpha value is -3.05. The van der Waals surface area contributed by atoms with E-state index in [0.29, 0.717) is 11.5 Å². The van der Waals surface area contributed by atoms with Gasteiger partial charge in [0, 0.05) is 30.6 Å². The Morgan fingerprint density at radius 2 is 1.94 bits per heavy atom. The molecule has 5 heteroatoms. The van der Waals surface area contributed by atoms with E-state index in [0.717, 1.165) is 53.5 Å². The zero-order valence-corrected chi connectivity index (χ0v) is 19.3. The van der Waals surface area contributed by atoms with Crippen LogP contribution in [0.2, 0.25) is 0 Å².